The van der Waals surface area contributed by atoms with E-state index in [-0.39, 0.29) is 12.6 Å². The Bertz CT molecular complexity index is 1270. The van der Waals surface area contributed by atoms with Crippen LogP contribution in [0.4, 0.5) is 16.4 Å². The highest BCUT2D eigenvalue weighted by Crippen LogP contribution is 2.30. The molecular weight excluding hydrogens is 482 g/mol. The number of nitrogens with one attached hydrogen (secondary N) is 2. The summed E-state index contributed by atoms with van der Waals surface area (Å²) in [5.41, 5.74) is 7.13. The fourth-order valence-electron chi connectivity index (χ4n) is 3.28. The Labute approximate surface area is 215 Å². The molecule has 3 rings (SSSR count). The summed E-state index contributed by atoms with van der Waals surface area (Å²) >= 11 is 6.20. The molecule has 0 saturated carbocycles. The lowest BCUT2D eigenvalue weighted by atomic mass is 10.1. The number of nitrogens with zero attached hydrogens (tertiary/aromatic N) is 2. The zero-order chi connectivity index (χ0) is 26.7. The van der Waals surface area contributed by atoms with Crippen molar-refractivity contribution in [1.82, 2.24) is 15.3 Å². The van der Waals surface area contributed by atoms with Gasteiger partial charge in [0.15, 0.2) is 0 Å². The van der Waals surface area contributed by atoms with Crippen molar-refractivity contribution in [1.29, 1.82) is 0 Å². The zero-order valence-corrected chi connectivity index (χ0v) is 22.1. The van der Waals surface area contributed by atoms with E-state index in [1.54, 1.807) is 57.2 Å². The molecule has 3 aromatic rings. The van der Waals surface area contributed by atoms with Crippen LogP contribution in [0.15, 0.2) is 42.5 Å². The normalized spacial score (nSPS) is 12.8. The molecule has 0 spiro atoms. The van der Waals surface area contributed by atoms with Crippen LogP contribution in [-0.4, -0.2) is 45.8 Å². The Morgan fingerprint density at radius 3 is 2.42 bits per heavy atom. The molecule has 0 bridgehead atoms. The molecule has 0 aliphatic carbocycles. The number of hydrogen-bond donors (Lipinski definition) is 3. The van der Waals surface area contributed by atoms with Crippen LogP contribution in [-0.2, 0) is 14.3 Å². The van der Waals surface area contributed by atoms with Crippen molar-refractivity contribution in [2.24, 2.45) is 0 Å². The van der Waals surface area contributed by atoms with E-state index in [0.717, 1.165) is 5.39 Å². The maximum absolute atomic E-state index is 13.2. The van der Waals surface area contributed by atoms with Gasteiger partial charge in [0.05, 0.1) is 23.4 Å². The maximum Gasteiger partial charge on any atom is 0.408 e. The summed E-state index contributed by atoms with van der Waals surface area (Å²) in [6.07, 6.45) is -0.714. The first-order valence-electron chi connectivity index (χ1n) is 11.5. The quantitative estimate of drug-likeness (QED) is 0.414. The number of rotatable bonds is 6. The molecule has 2 amide bonds. The fraction of sp³-hybridized carbons (Fsp3) is 0.385. The van der Waals surface area contributed by atoms with E-state index in [4.69, 9.17) is 26.8 Å². The Kier molecular flexibility index (Phi) is 8.05. The first-order valence-corrected chi connectivity index (χ1v) is 11.9. The van der Waals surface area contributed by atoms with Gasteiger partial charge in [0.1, 0.15) is 11.6 Å². The van der Waals surface area contributed by atoms with Crippen LogP contribution in [0.2, 0.25) is 5.02 Å². The number of ether oxygens (including phenoxy) is 2. The average molecular weight is 514 g/mol. The highest BCUT2D eigenvalue weighted by Gasteiger charge is 2.27. The topological polar surface area (TPSA) is 128 Å². The van der Waals surface area contributed by atoms with Crippen molar-refractivity contribution >= 4 is 46.1 Å². The van der Waals surface area contributed by atoms with Crippen LogP contribution >= 0.6 is 11.6 Å². The number of fused-ring (bicyclic) bond motifs is 1. The summed E-state index contributed by atoms with van der Waals surface area (Å²) in [7, 11) is 0. The summed E-state index contributed by atoms with van der Waals surface area (Å²) in [5, 5.41) is 6.70. The Morgan fingerprint density at radius 2 is 1.75 bits per heavy atom. The van der Waals surface area contributed by atoms with Crippen molar-refractivity contribution in [3.8, 4) is 11.3 Å². The number of alkyl carbamates (subject to hydrolysis) is 1. The van der Waals surface area contributed by atoms with Gasteiger partial charge in [-0.2, -0.15) is 0 Å². The van der Waals surface area contributed by atoms with Gasteiger partial charge in [0.25, 0.3) is 0 Å². The molecule has 1 atom stereocenters. The molecule has 192 valence electrons. The third kappa shape index (κ3) is 7.79. The molecule has 0 saturated heterocycles. The van der Waals surface area contributed by atoms with Crippen molar-refractivity contribution in [2.75, 3.05) is 17.7 Å². The van der Waals surface area contributed by atoms with Crippen LogP contribution in [0.25, 0.3) is 22.2 Å². The highest BCUT2D eigenvalue weighted by atomic mass is 35.5. The standard InChI is InChI=1S/C26H32ClN5O4/c1-25(2,3)35-14-20(31-24(34)36-26(4,5)6)22(33)29-17-9-7-8-15(12-17)21-18-13-16(27)10-11-19(18)30-23(28)32-21/h7-13,20H,14H2,1-6H3,(H,29,33)(H,31,34)(H2,28,30,32)/t20-/m1/s1. The lowest BCUT2D eigenvalue weighted by molar-refractivity contribution is -0.121. The SMILES string of the molecule is CC(C)(C)OC[C@@H](NC(=O)OC(C)(C)C)C(=O)Nc1cccc(-c2nc(N)nc3ccc(Cl)cc23)c1. The molecule has 9 nitrogen and oxygen atoms in total. The van der Waals surface area contributed by atoms with Gasteiger partial charge in [-0.25, -0.2) is 14.8 Å². The number of benzene rings is 2. The van der Waals surface area contributed by atoms with Gasteiger partial charge in [-0.05, 0) is 71.9 Å². The average Bonchev–Trinajstić information content (AvgIpc) is 2.74. The van der Waals surface area contributed by atoms with E-state index in [1.807, 2.05) is 26.8 Å². The number of anilines is 2. The van der Waals surface area contributed by atoms with Crippen molar-refractivity contribution in [2.45, 2.75) is 58.8 Å². The van der Waals surface area contributed by atoms with Crippen LogP contribution < -0.4 is 16.4 Å². The predicted octanol–water partition coefficient (Wildman–Crippen LogP) is 5.18. The Balaban J connectivity index is 1.86. The number of nitrogens with two attached hydrogens (primary N) is 1. The molecule has 0 fully saturated rings. The van der Waals surface area contributed by atoms with Gasteiger partial charge in [-0.15, -0.1) is 0 Å². The number of aromatic nitrogens is 2. The van der Waals surface area contributed by atoms with Crippen molar-refractivity contribution in [3.63, 3.8) is 0 Å². The van der Waals surface area contributed by atoms with Gasteiger partial charge >= 0.3 is 6.09 Å². The molecular formula is C26H32ClN5O4. The highest BCUT2D eigenvalue weighted by molar-refractivity contribution is 6.31. The Hall–Kier alpha value is -3.43. The minimum Gasteiger partial charge on any atom is -0.444 e. The van der Waals surface area contributed by atoms with Gasteiger partial charge in [0, 0.05) is 21.7 Å². The number of halogens is 1. The number of carbonyl (C=O) groups excluding carboxylic acids is 2. The fourth-order valence-corrected chi connectivity index (χ4v) is 3.45. The first-order chi connectivity index (χ1) is 16.7. The van der Waals surface area contributed by atoms with E-state index >= 15 is 0 Å². The van der Waals surface area contributed by atoms with Crippen LogP contribution in [0, 0.1) is 0 Å². The van der Waals surface area contributed by atoms with Crippen LogP contribution in [0.3, 0.4) is 0 Å². The smallest absolute Gasteiger partial charge is 0.408 e. The summed E-state index contributed by atoms with van der Waals surface area (Å²) in [6.45, 7) is 10.8. The van der Waals surface area contributed by atoms with Crippen molar-refractivity contribution in [3.05, 3.63) is 47.5 Å². The number of hydrogen-bond acceptors (Lipinski definition) is 7. The number of nitrogen functional groups attached to an aromatic ring is 1. The molecule has 0 radical (unpaired) electrons. The number of amides is 2. The summed E-state index contributed by atoms with van der Waals surface area (Å²) in [6, 6.07) is 11.4. The minimum atomic E-state index is -0.989. The lowest BCUT2D eigenvalue weighted by Gasteiger charge is -2.26. The molecule has 0 aliphatic heterocycles. The minimum absolute atomic E-state index is 0.0418. The van der Waals surface area contributed by atoms with Gasteiger partial charge < -0.3 is 25.8 Å². The van der Waals surface area contributed by atoms with E-state index in [0.29, 0.717) is 27.5 Å². The second-order valence-electron chi connectivity index (χ2n) is 10.3. The van der Waals surface area contributed by atoms with Gasteiger partial charge in [-0.3, -0.25) is 4.79 Å². The molecule has 2 aromatic carbocycles. The lowest BCUT2D eigenvalue weighted by Crippen LogP contribution is -2.49. The molecule has 1 aromatic heterocycles. The zero-order valence-electron chi connectivity index (χ0n) is 21.3. The second-order valence-corrected chi connectivity index (χ2v) is 10.7. The Morgan fingerprint density at radius 1 is 1.03 bits per heavy atom. The summed E-state index contributed by atoms with van der Waals surface area (Å²) in [5.74, 6) is -0.340. The molecule has 0 aliphatic rings. The molecule has 36 heavy (non-hydrogen) atoms. The number of carbonyl (C=O) groups is 2. The van der Waals surface area contributed by atoms with E-state index in [2.05, 4.69) is 20.6 Å². The summed E-state index contributed by atoms with van der Waals surface area (Å²) < 4.78 is 11.1. The van der Waals surface area contributed by atoms with Crippen LogP contribution in [0.5, 0.6) is 0 Å². The third-order valence-electron chi connectivity index (χ3n) is 4.77. The molecule has 1 heterocycles. The molecule has 0 unspecified atom stereocenters. The second kappa shape index (κ2) is 10.7. The van der Waals surface area contributed by atoms with Crippen molar-refractivity contribution < 1.29 is 19.1 Å². The first kappa shape index (κ1) is 27.2. The van der Waals surface area contributed by atoms with E-state index in [1.165, 1.54) is 0 Å². The largest absolute Gasteiger partial charge is 0.444 e. The summed E-state index contributed by atoms with van der Waals surface area (Å²) in [4.78, 5) is 34.2. The molecule has 10 heteroatoms. The van der Waals surface area contributed by atoms with Crippen LogP contribution in [0.1, 0.15) is 41.5 Å². The van der Waals surface area contributed by atoms with Gasteiger partial charge in [-0.1, -0.05) is 23.7 Å². The van der Waals surface area contributed by atoms with Gasteiger partial charge in [0.2, 0.25) is 11.9 Å². The maximum atomic E-state index is 13.2. The van der Waals surface area contributed by atoms with E-state index in [9.17, 15) is 9.59 Å². The monoisotopic (exact) mass is 513 g/mol. The third-order valence-corrected chi connectivity index (χ3v) is 5.00. The molecule has 4 N–H and O–H groups in total. The predicted molar refractivity (Wildman–Crippen MR) is 142 cm³/mol. The van der Waals surface area contributed by atoms with E-state index < -0.39 is 29.2 Å².